The number of esters is 1. The maximum absolute atomic E-state index is 12.5. The zero-order chi connectivity index (χ0) is 15.2. The highest BCUT2D eigenvalue weighted by atomic mass is 79.9. The van der Waals surface area contributed by atoms with Crippen molar-refractivity contribution < 1.29 is 14.3 Å². The summed E-state index contributed by atoms with van der Waals surface area (Å²) in [6.45, 7) is 3.69. The number of rotatable bonds is 4. The molecule has 1 saturated heterocycles. The third-order valence-corrected chi connectivity index (χ3v) is 3.82. The molecular formula is C16H18BrNO3. The van der Waals surface area contributed by atoms with Crippen molar-refractivity contribution in [2.45, 2.75) is 19.8 Å². The van der Waals surface area contributed by atoms with E-state index in [4.69, 9.17) is 4.74 Å². The van der Waals surface area contributed by atoms with E-state index in [-0.39, 0.29) is 5.91 Å². The van der Waals surface area contributed by atoms with Gasteiger partial charge in [-0.05, 0) is 49.6 Å². The van der Waals surface area contributed by atoms with Gasteiger partial charge in [-0.1, -0.05) is 15.9 Å². The first kappa shape index (κ1) is 15.8. The number of hydrogen-bond acceptors (Lipinski definition) is 3. The van der Waals surface area contributed by atoms with Crippen LogP contribution in [0.2, 0.25) is 0 Å². The third kappa shape index (κ3) is 4.17. The van der Waals surface area contributed by atoms with Gasteiger partial charge in [0.1, 0.15) is 0 Å². The van der Waals surface area contributed by atoms with E-state index in [1.165, 1.54) is 6.08 Å². The second-order valence-corrected chi connectivity index (χ2v) is 5.73. The lowest BCUT2D eigenvalue weighted by molar-refractivity contribution is -0.137. The molecule has 0 bridgehead atoms. The number of nitrogens with zero attached hydrogens (tertiary/aromatic N) is 1. The minimum absolute atomic E-state index is 0.0171. The number of likely N-dealkylation sites (tertiary alicyclic amines) is 1. The molecular weight excluding hydrogens is 334 g/mol. The Labute approximate surface area is 132 Å². The highest BCUT2D eigenvalue weighted by molar-refractivity contribution is 9.10. The van der Waals surface area contributed by atoms with Gasteiger partial charge in [-0.15, -0.1) is 0 Å². The Morgan fingerprint density at radius 3 is 2.71 bits per heavy atom. The number of halogens is 1. The molecule has 0 N–H and O–H groups in total. The van der Waals surface area contributed by atoms with Crippen LogP contribution in [-0.4, -0.2) is 36.5 Å². The summed E-state index contributed by atoms with van der Waals surface area (Å²) in [6, 6.07) is 5.46. The average molecular weight is 352 g/mol. The molecule has 112 valence electrons. The van der Waals surface area contributed by atoms with E-state index in [0.717, 1.165) is 30.4 Å². The van der Waals surface area contributed by atoms with Gasteiger partial charge in [0, 0.05) is 29.2 Å². The van der Waals surface area contributed by atoms with Crippen LogP contribution < -0.4 is 0 Å². The van der Waals surface area contributed by atoms with Gasteiger partial charge in [-0.3, -0.25) is 4.79 Å². The predicted octanol–water partition coefficient (Wildman–Crippen LogP) is 3.26. The maximum Gasteiger partial charge on any atom is 0.330 e. The fourth-order valence-corrected chi connectivity index (χ4v) is 2.68. The number of carbonyl (C=O) groups is 2. The Bertz CT molecular complexity index is 563. The van der Waals surface area contributed by atoms with Gasteiger partial charge in [0.15, 0.2) is 0 Å². The number of carbonyl (C=O) groups excluding carboxylic acids is 2. The Kier molecular flexibility index (Phi) is 5.56. The fourth-order valence-electron chi connectivity index (χ4n) is 2.30. The number of ether oxygens (including phenoxy) is 1. The first-order chi connectivity index (χ1) is 10.1. The highest BCUT2D eigenvalue weighted by Crippen LogP contribution is 2.21. The average Bonchev–Trinajstić information content (AvgIpc) is 2.99. The van der Waals surface area contributed by atoms with Crippen molar-refractivity contribution in [2.24, 2.45) is 0 Å². The van der Waals surface area contributed by atoms with Crippen LogP contribution in [0.1, 0.15) is 35.7 Å². The van der Waals surface area contributed by atoms with Crippen molar-refractivity contribution in [3.63, 3.8) is 0 Å². The molecule has 1 amide bonds. The smallest absolute Gasteiger partial charge is 0.330 e. The zero-order valence-electron chi connectivity index (χ0n) is 12.0. The SMILES string of the molecule is CCOC(=O)/C=C/c1cc(Br)ccc1C(=O)N1CCCC1. The van der Waals surface area contributed by atoms with Crippen molar-refractivity contribution in [1.82, 2.24) is 4.90 Å². The van der Waals surface area contributed by atoms with Crippen molar-refractivity contribution in [1.29, 1.82) is 0 Å². The normalized spacial score (nSPS) is 14.7. The Morgan fingerprint density at radius 2 is 2.05 bits per heavy atom. The maximum atomic E-state index is 12.5. The molecule has 0 radical (unpaired) electrons. The molecule has 1 heterocycles. The molecule has 21 heavy (non-hydrogen) atoms. The van der Waals surface area contributed by atoms with Gasteiger partial charge in [0.2, 0.25) is 0 Å². The van der Waals surface area contributed by atoms with Gasteiger partial charge in [-0.25, -0.2) is 4.79 Å². The van der Waals surface area contributed by atoms with Crippen LogP contribution in [0.4, 0.5) is 0 Å². The minimum Gasteiger partial charge on any atom is -0.463 e. The van der Waals surface area contributed by atoms with E-state index in [9.17, 15) is 9.59 Å². The lowest BCUT2D eigenvalue weighted by Gasteiger charge is -2.16. The van der Waals surface area contributed by atoms with E-state index in [2.05, 4.69) is 15.9 Å². The molecule has 1 aliphatic heterocycles. The van der Waals surface area contributed by atoms with Crippen molar-refractivity contribution in [3.8, 4) is 0 Å². The van der Waals surface area contributed by atoms with Gasteiger partial charge in [0.25, 0.3) is 5.91 Å². The molecule has 0 unspecified atom stereocenters. The summed E-state index contributed by atoms with van der Waals surface area (Å²) in [5, 5.41) is 0. The predicted molar refractivity (Wildman–Crippen MR) is 84.9 cm³/mol. The van der Waals surface area contributed by atoms with Gasteiger partial charge >= 0.3 is 5.97 Å². The largest absolute Gasteiger partial charge is 0.463 e. The van der Waals surface area contributed by atoms with Crippen LogP contribution in [0.3, 0.4) is 0 Å². The minimum atomic E-state index is -0.406. The third-order valence-electron chi connectivity index (χ3n) is 3.32. The van der Waals surface area contributed by atoms with Crippen LogP contribution in [0.25, 0.3) is 6.08 Å². The van der Waals surface area contributed by atoms with Crippen molar-refractivity contribution in [3.05, 3.63) is 39.9 Å². The molecule has 0 saturated carbocycles. The number of amides is 1. The lowest BCUT2D eigenvalue weighted by Crippen LogP contribution is -2.28. The zero-order valence-corrected chi connectivity index (χ0v) is 13.6. The molecule has 1 fully saturated rings. The second-order valence-electron chi connectivity index (χ2n) is 4.82. The first-order valence-corrected chi connectivity index (χ1v) is 7.84. The summed E-state index contributed by atoms with van der Waals surface area (Å²) in [5.74, 6) is -0.388. The van der Waals surface area contributed by atoms with Crippen molar-refractivity contribution >= 4 is 33.9 Å². The standard InChI is InChI=1S/C16H18BrNO3/c1-2-21-15(19)8-5-12-11-13(17)6-7-14(12)16(20)18-9-3-4-10-18/h5-8,11H,2-4,9-10H2,1H3/b8-5+. The molecule has 0 atom stereocenters. The highest BCUT2D eigenvalue weighted by Gasteiger charge is 2.21. The van der Waals surface area contributed by atoms with Crippen LogP contribution in [-0.2, 0) is 9.53 Å². The van der Waals surface area contributed by atoms with E-state index in [0.29, 0.717) is 17.7 Å². The summed E-state index contributed by atoms with van der Waals surface area (Å²) in [6.07, 6.45) is 5.09. The molecule has 0 aliphatic carbocycles. The van der Waals surface area contributed by atoms with Gasteiger partial charge in [0.05, 0.1) is 6.61 Å². The summed E-state index contributed by atoms with van der Waals surface area (Å²) in [5.41, 5.74) is 1.33. The van der Waals surface area contributed by atoms with E-state index >= 15 is 0 Å². The molecule has 1 aromatic carbocycles. The number of hydrogen-bond donors (Lipinski definition) is 0. The van der Waals surface area contributed by atoms with Crippen LogP contribution in [0.5, 0.6) is 0 Å². The molecule has 1 aromatic rings. The van der Waals surface area contributed by atoms with Crippen LogP contribution in [0, 0.1) is 0 Å². The summed E-state index contributed by atoms with van der Waals surface area (Å²) in [4.78, 5) is 25.8. The van der Waals surface area contributed by atoms with E-state index in [1.54, 1.807) is 19.1 Å². The first-order valence-electron chi connectivity index (χ1n) is 7.05. The molecule has 1 aliphatic rings. The second kappa shape index (κ2) is 7.41. The van der Waals surface area contributed by atoms with E-state index in [1.807, 2.05) is 17.0 Å². The lowest BCUT2D eigenvalue weighted by atomic mass is 10.1. The topological polar surface area (TPSA) is 46.6 Å². The summed E-state index contributed by atoms with van der Waals surface area (Å²) < 4.78 is 5.73. The van der Waals surface area contributed by atoms with Crippen molar-refractivity contribution in [2.75, 3.05) is 19.7 Å². The van der Waals surface area contributed by atoms with Gasteiger partial charge < -0.3 is 9.64 Å². The summed E-state index contributed by atoms with van der Waals surface area (Å²) >= 11 is 3.39. The van der Waals surface area contributed by atoms with Gasteiger partial charge in [-0.2, -0.15) is 0 Å². The quantitative estimate of drug-likeness (QED) is 0.617. The molecule has 0 spiro atoms. The fraction of sp³-hybridized carbons (Fsp3) is 0.375. The summed E-state index contributed by atoms with van der Waals surface area (Å²) in [7, 11) is 0. The molecule has 5 heteroatoms. The molecule has 2 rings (SSSR count). The van der Waals surface area contributed by atoms with Crippen LogP contribution >= 0.6 is 15.9 Å². The Balaban J connectivity index is 2.24. The molecule has 4 nitrogen and oxygen atoms in total. The van der Waals surface area contributed by atoms with Crippen LogP contribution in [0.15, 0.2) is 28.7 Å². The van der Waals surface area contributed by atoms with E-state index < -0.39 is 5.97 Å². The molecule has 0 aromatic heterocycles. The number of benzene rings is 1. The Hall–Kier alpha value is -1.62. The monoisotopic (exact) mass is 351 g/mol. The Morgan fingerprint density at radius 1 is 1.33 bits per heavy atom.